The number of aromatic carboxylic acids is 1. The van der Waals surface area contributed by atoms with Gasteiger partial charge in [-0.05, 0) is 31.0 Å². The van der Waals surface area contributed by atoms with E-state index < -0.39 is 24.3 Å². The maximum absolute atomic E-state index is 13.6. The lowest BCUT2D eigenvalue weighted by molar-refractivity contribution is 0.0257. The van der Waals surface area contributed by atoms with E-state index in [0.717, 1.165) is 25.9 Å². The minimum atomic E-state index is -2.84. The topological polar surface area (TPSA) is 72.9 Å². The van der Waals surface area contributed by atoms with Crippen LogP contribution in [-0.2, 0) is 0 Å². The van der Waals surface area contributed by atoms with Crippen LogP contribution in [0, 0.1) is 0 Å². The minimum absolute atomic E-state index is 0.0334. The largest absolute Gasteiger partial charge is 0.478 e. The van der Waals surface area contributed by atoms with Gasteiger partial charge in [0.25, 0.3) is 11.8 Å². The van der Waals surface area contributed by atoms with Gasteiger partial charge in [0.2, 0.25) is 0 Å². The molecular formula is C16H19F2N3O3S. The number of amides is 1. The lowest BCUT2D eigenvalue weighted by Gasteiger charge is -2.22. The van der Waals surface area contributed by atoms with Crippen molar-refractivity contribution in [1.82, 2.24) is 9.03 Å². The molecule has 2 N–H and O–H groups in total. The maximum Gasteiger partial charge on any atom is 0.335 e. The molecule has 0 atom stereocenters. The zero-order valence-electron chi connectivity index (χ0n) is 13.5. The van der Waals surface area contributed by atoms with Crippen LogP contribution < -0.4 is 9.62 Å². The zero-order chi connectivity index (χ0) is 18.0. The average Bonchev–Trinajstić information content (AvgIpc) is 3.21. The highest BCUT2D eigenvalue weighted by molar-refractivity contribution is 7.95. The third-order valence-electron chi connectivity index (χ3n) is 4.33. The molecule has 2 aliphatic rings. The van der Waals surface area contributed by atoms with Gasteiger partial charge in [0.1, 0.15) is 0 Å². The number of anilines is 1. The van der Waals surface area contributed by atoms with Crippen LogP contribution in [0.5, 0.6) is 0 Å². The normalized spacial score (nSPS) is 20.0. The van der Waals surface area contributed by atoms with E-state index in [2.05, 4.69) is 4.72 Å². The fourth-order valence-corrected chi connectivity index (χ4v) is 3.76. The van der Waals surface area contributed by atoms with Crippen LogP contribution in [0.15, 0.2) is 18.2 Å². The van der Waals surface area contributed by atoms with E-state index in [0.29, 0.717) is 0 Å². The second kappa shape index (κ2) is 7.17. The van der Waals surface area contributed by atoms with Gasteiger partial charge in [-0.2, -0.15) is 0 Å². The zero-order valence-corrected chi connectivity index (χ0v) is 14.3. The van der Waals surface area contributed by atoms with Gasteiger partial charge >= 0.3 is 5.97 Å². The van der Waals surface area contributed by atoms with Crippen molar-refractivity contribution >= 4 is 29.7 Å². The second-order valence-electron chi connectivity index (χ2n) is 6.22. The Balaban J connectivity index is 1.81. The molecular weight excluding hydrogens is 352 g/mol. The first kappa shape index (κ1) is 17.9. The molecule has 1 aromatic carbocycles. The molecule has 1 amide bonds. The van der Waals surface area contributed by atoms with Crippen LogP contribution in [0.4, 0.5) is 14.5 Å². The number of benzene rings is 1. The summed E-state index contributed by atoms with van der Waals surface area (Å²) in [5, 5.41) is 9.15. The van der Waals surface area contributed by atoms with Gasteiger partial charge in [-0.3, -0.25) is 9.52 Å². The number of halogens is 2. The van der Waals surface area contributed by atoms with Gasteiger partial charge < -0.3 is 10.0 Å². The summed E-state index contributed by atoms with van der Waals surface area (Å²) in [5.41, 5.74) is 0.403. The van der Waals surface area contributed by atoms with Gasteiger partial charge in [-0.15, -0.1) is 0 Å². The Morgan fingerprint density at radius 1 is 1.20 bits per heavy atom. The number of carboxylic acids is 1. The first-order chi connectivity index (χ1) is 11.9. The first-order valence-corrected chi connectivity index (χ1v) is 8.85. The highest BCUT2D eigenvalue weighted by Crippen LogP contribution is 2.33. The lowest BCUT2D eigenvalue weighted by Crippen LogP contribution is -2.29. The molecule has 0 spiro atoms. The van der Waals surface area contributed by atoms with E-state index >= 15 is 0 Å². The third kappa shape index (κ3) is 4.21. The minimum Gasteiger partial charge on any atom is -0.478 e. The fourth-order valence-electron chi connectivity index (χ4n) is 3.00. The summed E-state index contributed by atoms with van der Waals surface area (Å²) >= 11 is 1.20. The Labute approximate surface area is 148 Å². The molecule has 9 heteroatoms. The smallest absolute Gasteiger partial charge is 0.335 e. The van der Waals surface area contributed by atoms with Crippen LogP contribution >= 0.6 is 12.1 Å². The van der Waals surface area contributed by atoms with E-state index in [1.54, 1.807) is 0 Å². The number of rotatable bonds is 5. The number of hydrogen-bond donors (Lipinski definition) is 2. The number of nitrogens with zero attached hydrogens (tertiary/aromatic N) is 2. The van der Waals surface area contributed by atoms with Gasteiger partial charge in [-0.1, -0.05) is 0 Å². The molecule has 2 heterocycles. The van der Waals surface area contributed by atoms with E-state index in [4.69, 9.17) is 5.11 Å². The molecule has 2 fully saturated rings. The van der Waals surface area contributed by atoms with Crippen LogP contribution in [0.2, 0.25) is 0 Å². The van der Waals surface area contributed by atoms with Crippen LogP contribution in [0.3, 0.4) is 0 Å². The number of hydrogen-bond acceptors (Lipinski definition) is 5. The molecule has 136 valence electrons. The number of carbonyl (C=O) groups is 2. The summed E-state index contributed by atoms with van der Waals surface area (Å²) in [6.45, 7) is 1.33. The van der Waals surface area contributed by atoms with Crippen LogP contribution in [0.25, 0.3) is 0 Å². The van der Waals surface area contributed by atoms with Gasteiger partial charge in [0.05, 0.1) is 23.4 Å². The molecule has 0 saturated carbocycles. The average molecular weight is 371 g/mol. The molecule has 6 nitrogen and oxygen atoms in total. The molecule has 0 radical (unpaired) electrons. The summed E-state index contributed by atoms with van der Waals surface area (Å²) in [5.74, 6) is -4.42. The molecule has 0 aliphatic carbocycles. The van der Waals surface area contributed by atoms with E-state index in [-0.39, 0.29) is 29.8 Å². The summed E-state index contributed by atoms with van der Waals surface area (Å²) in [4.78, 5) is 25.1. The van der Waals surface area contributed by atoms with Gasteiger partial charge in [-0.25, -0.2) is 17.9 Å². The number of carboxylic acid groups (broad SMARTS) is 1. The molecule has 2 saturated heterocycles. The standard InChI is InChI=1S/C16H19F2N3O3S/c17-16(18)5-8-20(10-16)13-9-11(15(23)24)3-4-12(13)14(22)19-25-21-6-1-2-7-21/h3-4,9H,1-2,5-8,10H2,(H,19,22)(H,23,24). The van der Waals surface area contributed by atoms with Crippen molar-refractivity contribution in [2.24, 2.45) is 0 Å². The van der Waals surface area contributed by atoms with Gasteiger partial charge in [0.15, 0.2) is 0 Å². The summed E-state index contributed by atoms with van der Waals surface area (Å²) in [6.07, 6.45) is 1.84. The monoisotopic (exact) mass is 371 g/mol. The maximum atomic E-state index is 13.6. The molecule has 3 rings (SSSR count). The molecule has 1 aromatic rings. The predicted octanol–water partition coefficient (Wildman–Crippen LogP) is 2.62. The Kier molecular flexibility index (Phi) is 5.14. The molecule has 2 aliphatic heterocycles. The predicted molar refractivity (Wildman–Crippen MR) is 91.0 cm³/mol. The SMILES string of the molecule is O=C(O)c1ccc(C(=O)NSN2CCCC2)c(N2CCC(F)(F)C2)c1. The molecule has 0 aromatic heterocycles. The van der Waals surface area contributed by atoms with Crippen molar-refractivity contribution in [3.05, 3.63) is 29.3 Å². The molecule has 25 heavy (non-hydrogen) atoms. The quantitative estimate of drug-likeness (QED) is 0.776. The lowest BCUT2D eigenvalue weighted by atomic mass is 10.1. The van der Waals surface area contributed by atoms with Crippen molar-refractivity contribution < 1.29 is 23.5 Å². The number of nitrogens with one attached hydrogen (secondary N) is 1. The molecule has 0 unspecified atom stereocenters. The van der Waals surface area contributed by atoms with Crippen molar-refractivity contribution in [3.8, 4) is 0 Å². The molecule has 0 bridgehead atoms. The first-order valence-electron chi connectivity index (χ1n) is 8.08. The number of carbonyl (C=O) groups excluding carboxylic acids is 1. The summed E-state index contributed by atoms with van der Waals surface area (Å²) in [7, 11) is 0. The van der Waals surface area contributed by atoms with Crippen molar-refractivity contribution in [2.45, 2.75) is 25.2 Å². The Bertz CT molecular complexity index is 681. The highest BCUT2D eigenvalue weighted by Gasteiger charge is 2.39. The number of alkyl halides is 2. The fraction of sp³-hybridized carbons (Fsp3) is 0.500. The Morgan fingerprint density at radius 2 is 1.92 bits per heavy atom. The second-order valence-corrected chi connectivity index (χ2v) is 7.13. The summed E-state index contributed by atoms with van der Waals surface area (Å²) < 4.78 is 31.8. The van der Waals surface area contributed by atoms with Crippen molar-refractivity contribution in [3.63, 3.8) is 0 Å². The third-order valence-corrected chi connectivity index (χ3v) is 5.23. The Hall–Kier alpha value is -1.87. The van der Waals surface area contributed by atoms with E-state index in [1.165, 1.54) is 35.2 Å². The van der Waals surface area contributed by atoms with Crippen molar-refractivity contribution in [1.29, 1.82) is 0 Å². The Morgan fingerprint density at radius 3 is 2.52 bits per heavy atom. The van der Waals surface area contributed by atoms with E-state index in [1.807, 2.05) is 4.31 Å². The summed E-state index contributed by atoms with van der Waals surface area (Å²) in [6, 6.07) is 3.99. The van der Waals surface area contributed by atoms with Crippen molar-refractivity contribution in [2.75, 3.05) is 31.1 Å². The van der Waals surface area contributed by atoms with Crippen LogP contribution in [-0.4, -0.2) is 53.4 Å². The van der Waals surface area contributed by atoms with E-state index in [9.17, 15) is 18.4 Å². The highest BCUT2D eigenvalue weighted by atomic mass is 32.2. The van der Waals surface area contributed by atoms with Crippen LogP contribution in [0.1, 0.15) is 40.0 Å². The van der Waals surface area contributed by atoms with Gasteiger partial charge in [0, 0.05) is 38.2 Å².